The first-order valence-electron chi connectivity index (χ1n) is 14.3. The lowest BCUT2D eigenvalue weighted by Crippen LogP contribution is -2.52. The van der Waals surface area contributed by atoms with E-state index in [1.165, 1.54) is 48.5 Å². The molecular formula is C34H31N3O8S. The van der Waals surface area contributed by atoms with Crippen LogP contribution in [0.15, 0.2) is 101 Å². The van der Waals surface area contributed by atoms with E-state index in [1.54, 1.807) is 24.3 Å². The number of amides is 1. The molecule has 1 aliphatic heterocycles. The summed E-state index contributed by atoms with van der Waals surface area (Å²) < 4.78 is 41.1. The number of carboxylic acid groups (broad SMARTS) is 1. The van der Waals surface area contributed by atoms with E-state index in [9.17, 15) is 27.9 Å². The molecule has 5 rings (SSSR count). The van der Waals surface area contributed by atoms with E-state index in [4.69, 9.17) is 9.47 Å². The van der Waals surface area contributed by atoms with E-state index in [2.05, 4.69) is 10.3 Å². The summed E-state index contributed by atoms with van der Waals surface area (Å²) >= 11 is 0. The summed E-state index contributed by atoms with van der Waals surface area (Å²) in [5, 5.41) is 12.4. The summed E-state index contributed by atoms with van der Waals surface area (Å²) in [5.41, 5.74) is 2.16. The molecule has 0 radical (unpaired) electrons. The number of para-hydroxylation sites is 3. The number of nitrogens with zero attached hydrogens (tertiary/aromatic N) is 2. The van der Waals surface area contributed by atoms with Gasteiger partial charge in [0.1, 0.15) is 22.0 Å². The maximum absolute atomic E-state index is 14.1. The van der Waals surface area contributed by atoms with Crippen molar-refractivity contribution < 1.29 is 37.4 Å². The fourth-order valence-electron chi connectivity index (χ4n) is 4.97. The van der Waals surface area contributed by atoms with Crippen LogP contribution in [0.3, 0.4) is 0 Å². The number of benzene rings is 4. The Hall–Kier alpha value is -5.49. The number of carbonyl (C=O) groups excluding carboxylic acids is 2. The fourth-order valence-corrected chi connectivity index (χ4v) is 6.59. The minimum atomic E-state index is -4.26. The molecule has 236 valence electrons. The minimum Gasteiger partial charge on any atom is -0.493 e. The largest absolute Gasteiger partial charge is 0.493 e. The average Bonchev–Trinajstić information content (AvgIpc) is 3.04. The smallest absolute Gasteiger partial charge is 0.339 e. The SMILES string of the molecule is Cc1ccc(OCCCN2C(C(Oc3ccccc3C(=O)O)C(=O)Nc3ccccc3C=O)=Nc3ccccc3S2(=O)=O)c(C)c1. The van der Waals surface area contributed by atoms with Crippen LogP contribution in [0.25, 0.3) is 0 Å². The Morgan fingerprint density at radius 3 is 2.43 bits per heavy atom. The Morgan fingerprint density at radius 1 is 0.957 bits per heavy atom. The molecule has 1 aliphatic rings. The Morgan fingerprint density at radius 2 is 1.67 bits per heavy atom. The minimum absolute atomic E-state index is 0.0644. The molecule has 1 amide bonds. The van der Waals surface area contributed by atoms with E-state index in [0.29, 0.717) is 12.0 Å². The number of aliphatic imine (C=N–C) groups is 1. The summed E-state index contributed by atoms with van der Waals surface area (Å²) in [6.45, 7) is 3.89. The summed E-state index contributed by atoms with van der Waals surface area (Å²) in [7, 11) is -4.26. The Kier molecular flexibility index (Phi) is 9.47. The van der Waals surface area contributed by atoms with Gasteiger partial charge in [-0.15, -0.1) is 0 Å². The van der Waals surface area contributed by atoms with Crippen LogP contribution in [0.4, 0.5) is 11.4 Å². The molecule has 12 heteroatoms. The second-order valence-corrected chi connectivity index (χ2v) is 12.3. The molecule has 1 heterocycles. The quantitative estimate of drug-likeness (QED) is 0.154. The van der Waals surface area contributed by atoms with Crippen molar-refractivity contribution in [1.29, 1.82) is 0 Å². The van der Waals surface area contributed by atoms with E-state index in [0.717, 1.165) is 15.4 Å². The number of carboxylic acids is 1. The first kappa shape index (κ1) is 31.9. The number of carbonyl (C=O) groups is 3. The summed E-state index contributed by atoms with van der Waals surface area (Å²) in [6.07, 6.45) is -0.989. The Labute approximate surface area is 266 Å². The van der Waals surface area contributed by atoms with Crippen molar-refractivity contribution in [2.24, 2.45) is 4.99 Å². The highest BCUT2D eigenvalue weighted by Gasteiger charge is 2.41. The molecule has 0 spiro atoms. The van der Waals surface area contributed by atoms with Crippen molar-refractivity contribution in [3.05, 3.63) is 113 Å². The van der Waals surface area contributed by atoms with Crippen LogP contribution in [0.1, 0.15) is 38.3 Å². The third kappa shape index (κ3) is 6.76. The van der Waals surface area contributed by atoms with Crippen molar-refractivity contribution in [3.8, 4) is 11.5 Å². The first-order valence-corrected chi connectivity index (χ1v) is 15.8. The molecule has 0 saturated heterocycles. The predicted octanol–water partition coefficient (Wildman–Crippen LogP) is 5.40. The van der Waals surface area contributed by atoms with Crippen LogP contribution in [0.2, 0.25) is 0 Å². The molecule has 4 aromatic rings. The lowest BCUT2D eigenvalue weighted by atomic mass is 10.1. The molecule has 0 fully saturated rings. The van der Waals surface area contributed by atoms with Crippen LogP contribution in [-0.2, 0) is 14.8 Å². The highest BCUT2D eigenvalue weighted by molar-refractivity contribution is 7.90. The van der Waals surface area contributed by atoms with Gasteiger partial charge in [-0.3, -0.25) is 9.59 Å². The number of anilines is 1. The lowest BCUT2D eigenvalue weighted by molar-refractivity contribution is -0.120. The second kappa shape index (κ2) is 13.7. The van der Waals surface area contributed by atoms with E-state index < -0.39 is 28.0 Å². The number of aromatic carboxylic acids is 1. The van der Waals surface area contributed by atoms with Crippen molar-refractivity contribution in [2.75, 3.05) is 18.5 Å². The van der Waals surface area contributed by atoms with Gasteiger partial charge in [0.15, 0.2) is 12.1 Å². The predicted molar refractivity (Wildman–Crippen MR) is 172 cm³/mol. The maximum Gasteiger partial charge on any atom is 0.339 e. The molecule has 46 heavy (non-hydrogen) atoms. The number of hydrogen-bond donors (Lipinski definition) is 2. The summed E-state index contributed by atoms with van der Waals surface area (Å²) in [6, 6.07) is 23.7. The molecule has 1 atom stereocenters. The Bertz CT molecular complexity index is 1940. The first-order chi connectivity index (χ1) is 22.1. The third-order valence-corrected chi connectivity index (χ3v) is 9.05. The number of ether oxygens (including phenoxy) is 2. The van der Waals surface area contributed by atoms with Crippen LogP contribution < -0.4 is 14.8 Å². The number of aldehydes is 1. The van der Waals surface area contributed by atoms with Crippen molar-refractivity contribution in [2.45, 2.75) is 31.3 Å². The Balaban J connectivity index is 1.54. The normalized spacial score (nSPS) is 14.0. The van der Waals surface area contributed by atoms with E-state index >= 15 is 0 Å². The molecule has 0 bridgehead atoms. The van der Waals surface area contributed by atoms with Crippen molar-refractivity contribution in [3.63, 3.8) is 0 Å². The van der Waals surface area contributed by atoms with Gasteiger partial charge in [0.05, 0.1) is 18.0 Å². The second-order valence-electron chi connectivity index (χ2n) is 10.5. The highest BCUT2D eigenvalue weighted by Crippen LogP contribution is 2.34. The van der Waals surface area contributed by atoms with Crippen LogP contribution in [-0.4, -0.2) is 61.1 Å². The molecular weight excluding hydrogens is 610 g/mol. The molecule has 11 nitrogen and oxygen atoms in total. The van der Waals surface area contributed by atoms with E-state index in [-0.39, 0.29) is 58.6 Å². The van der Waals surface area contributed by atoms with Gasteiger partial charge in [-0.1, -0.05) is 54.1 Å². The number of rotatable bonds is 12. The third-order valence-electron chi connectivity index (χ3n) is 7.20. The zero-order valence-corrected chi connectivity index (χ0v) is 25.9. The topological polar surface area (TPSA) is 152 Å². The molecule has 0 saturated carbocycles. The number of fused-ring (bicyclic) bond motifs is 1. The number of amidine groups is 1. The van der Waals surface area contributed by atoms with Crippen LogP contribution in [0.5, 0.6) is 11.5 Å². The summed E-state index contributed by atoms with van der Waals surface area (Å²) in [4.78, 5) is 42.2. The van der Waals surface area contributed by atoms with Gasteiger partial charge in [0.25, 0.3) is 15.9 Å². The molecule has 0 aliphatic carbocycles. The standard InChI is InChI=1S/C34H31N3O8S/c1-22-16-17-28(23(2)20-22)44-19-9-18-37-32(35-27-13-6-8-15-30(27)46(37,42)43)31(45-29-14-7-4-11-25(29)34(40)41)33(39)36-26-12-5-3-10-24(26)21-38/h3-8,10-17,20-21,31H,9,18-19H2,1-2H3,(H,36,39)(H,40,41). The van der Waals surface area contributed by atoms with Crippen LogP contribution in [0, 0.1) is 13.8 Å². The van der Waals surface area contributed by atoms with Crippen molar-refractivity contribution in [1.82, 2.24) is 4.31 Å². The zero-order chi connectivity index (χ0) is 32.8. The maximum atomic E-state index is 14.1. The lowest BCUT2D eigenvalue weighted by Gasteiger charge is -2.33. The number of sulfonamides is 1. The monoisotopic (exact) mass is 641 g/mol. The van der Waals surface area contributed by atoms with Gasteiger partial charge in [-0.05, 0) is 61.9 Å². The van der Waals surface area contributed by atoms with E-state index in [1.807, 2.05) is 32.0 Å². The molecule has 2 N–H and O–H groups in total. The van der Waals surface area contributed by atoms with Gasteiger partial charge in [-0.25, -0.2) is 22.5 Å². The highest BCUT2D eigenvalue weighted by atomic mass is 32.2. The fraction of sp³-hybridized carbons (Fsp3) is 0.176. The van der Waals surface area contributed by atoms with Gasteiger partial charge >= 0.3 is 5.97 Å². The van der Waals surface area contributed by atoms with Gasteiger partial charge in [0, 0.05) is 18.5 Å². The molecule has 4 aromatic carbocycles. The van der Waals surface area contributed by atoms with Gasteiger partial charge in [-0.2, -0.15) is 0 Å². The number of hydrogen-bond acceptors (Lipinski definition) is 8. The number of aryl methyl sites for hydroxylation is 2. The summed E-state index contributed by atoms with van der Waals surface area (Å²) in [5.74, 6) is -2.00. The van der Waals surface area contributed by atoms with Crippen molar-refractivity contribution >= 4 is 45.4 Å². The average molecular weight is 642 g/mol. The van der Waals surface area contributed by atoms with Gasteiger partial charge < -0.3 is 19.9 Å². The number of nitrogens with one attached hydrogen (secondary N) is 1. The molecule has 0 aromatic heterocycles. The van der Waals surface area contributed by atoms with Gasteiger partial charge in [0.2, 0.25) is 6.10 Å². The zero-order valence-electron chi connectivity index (χ0n) is 25.0. The molecule has 1 unspecified atom stereocenters. The van der Waals surface area contributed by atoms with Crippen LogP contribution >= 0.6 is 0 Å².